The van der Waals surface area contributed by atoms with Gasteiger partial charge in [0.15, 0.2) is 0 Å². The lowest BCUT2D eigenvalue weighted by Crippen LogP contribution is -2.23. The van der Waals surface area contributed by atoms with Gasteiger partial charge < -0.3 is 15.2 Å². The van der Waals surface area contributed by atoms with Gasteiger partial charge in [0.05, 0.1) is 7.11 Å². The highest BCUT2D eigenvalue weighted by Crippen LogP contribution is 2.27. The topological polar surface area (TPSA) is 58.6 Å². The molecule has 0 heterocycles. The number of halogens is 1. The van der Waals surface area contributed by atoms with Crippen molar-refractivity contribution in [3.63, 3.8) is 0 Å². The number of aromatic hydroxyl groups is 1. The smallest absolute Gasteiger partial charge is 0.259 e. The average Bonchev–Trinajstić information content (AvgIpc) is 2.45. The lowest BCUT2D eigenvalue weighted by atomic mass is 10.1. The first kappa shape index (κ1) is 14.2. The second-order valence-corrected chi connectivity index (χ2v) is 4.54. The van der Waals surface area contributed by atoms with Crippen LogP contribution in [0.2, 0.25) is 5.02 Å². The fourth-order valence-corrected chi connectivity index (χ4v) is 2.03. The third-order valence-electron chi connectivity index (χ3n) is 2.85. The number of phenols is 1. The maximum Gasteiger partial charge on any atom is 0.259 e. The van der Waals surface area contributed by atoms with Crippen LogP contribution in [0.25, 0.3) is 0 Å². The Morgan fingerprint density at radius 3 is 2.70 bits per heavy atom. The van der Waals surface area contributed by atoms with Crippen LogP contribution in [0.15, 0.2) is 42.5 Å². The molecule has 104 valence electrons. The molecule has 0 saturated heterocycles. The number of methoxy groups -OCH3 is 1. The second kappa shape index (κ2) is 6.30. The minimum atomic E-state index is -0.417. The third kappa shape index (κ3) is 3.03. The van der Waals surface area contributed by atoms with Gasteiger partial charge in [-0.25, -0.2) is 0 Å². The quantitative estimate of drug-likeness (QED) is 0.910. The standard InChI is InChI=1S/C15H14ClNO3/c1-20-13-8-4-7-12(18)14(13)15(19)17-9-10-5-2-3-6-11(10)16/h2-8,18H,9H2,1H3,(H,17,19). The van der Waals surface area contributed by atoms with Gasteiger partial charge in [0, 0.05) is 11.6 Å². The summed E-state index contributed by atoms with van der Waals surface area (Å²) in [6, 6.07) is 11.9. The highest BCUT2D eigenvalue weighted by molar-refractivity contribution is 6.31. The van der Waals surface area contributed by atoms with Crippen LogP contribution in [-0.2, 0) is 6.54 Å². The molecule has 2 rings (SSSR count). The molecule has 0 radical (unpaired) electrons. The molecule has 1 amide bonds. The Balaban J connectivity index is 2.15. The van der Waals surface area contributed by atoms with Crippen LogP contribution < -0.4 is 10.1 Å². The van der Waals surface area contributed by atoms with E-state index in [0.717, 1.165) is 5.56 Å². The van der Waals surface area contributed by atoms with E-state index in [4.69, 9.17) is 16.3 Å². The molecule has 5 heteroatoms. The zero-order valence-electron chi connectivity index (χ0n) is 10.9. The highest BCUT2D eigenvalue weighted by Gasteiger charge is 2.16. The first-order valence-electron chi connectivity index (χ1n) is 6.01. The van der Waals surface area contributed by atoms with Gasteiger partial charge in [0.2, 0.25) is 0 Å². The van der Waals surface area contributed by atoms with Crippen LogP contribution >= 0.6 is 11.6 Å². The summed E-state index contributed by atoms with van der Waals surface area (Å²) in [6.45, 7) is 0.274. The van der Waals surface area contributed by atoms with E-state index in [1.807, 2.05) is 18.2 Å². The Morgan fingerprint density at radius 2 is 2.00 bits per heavy atom. The van der Waals surface area contributed by atoms with E-state index in [0.29, 0.717) is 10.8 Å². The fourth-order valence-electron chi connectivity index (χ4n) is 1.82. The third-order valence-corrected chi connectivity index (χ3v) is 3.22. The van der Waals surface area contributed by atoms with Crippen molar-refractivity contribution in [1.29, 1.82) is 0 Å². The monoisotopic (exact) mass is 291 g/mol. The van der Waals surface area contributed by atoms with Crippen molar-refractivity contribution in [2.45, 2.75) is 6.54 Å². The van der Waals surface area contributed by atoms with E-state index in [1.165, 1.54) is 13.2 Å². The number of ether oxygens (including phenoxy) is 1. The van der Waals surface area contributed by atoms with E-state index in [9.17, 15) is 9.90 Å². The maximum atomic E-state index is 12.1. The number of nitrogens with one attached hydrogen (secondary N) is 1. The molecule has 0 atom stereocenters. The Hall–Kier alpha value is -2.20. The molecule has 0 fully saturated rings. The van der Waals surface area contributed by atoms with Crippen LogP contribution in [0.1, 0.15) is 15.9 Å². The summed E-state index contributed by atoms with van der Waals surface area (Å²) < 4.78 is 5.08. The molecular weight excluding hydrogens is 278 g/mol. The number of hydrogen-bond donors (Lipinski definition) is 2. The fraction of sp³-hybridized carbons (Fsp3) is 0.133. The zero-order valence-corrected chi connectivity index (χ0v) is 11.6. The number of rotatable bonds is 4. The Labute approximate surface area is 122 Å². The van der Waals surface area contributed by atoms with Crippen molar-refractivity contribution in [3.8, 4) is 11.5 Å². The molecule has 0 aromatic heterocycles. The number of amides is 1. The van der Waals surface area contributed by atoms with E-state index >= 15 is 0 Å². The second-order valence-electron chi connectivity index (χ2n) is 4.13. The molecule has 0 unspecified atom stereocenters. The van der Waals surface area contributed by atoms with Crippen molar-refractivity contribution in [1.82, 2.24) is 5.32 Å². The molecule has 2 N–H and O–H groups in total. The molecule has 20 heavy (non-hydrogen) atoms. The molecule has 0 aliphatic rings. The van der Waals surface area contributed by atoms with Gasteiger partial charge in [-0.15, -0.1) is 0 Å². The summed E-state index contributed by atoms with van der Waals surface area (Å²) >= 11 is 6.02. The Morgan fingerprint density at radius 1 is 1.25 bits per heavy atom. The highest BCUT2D eigenvalue weighted by atomic mass is 35.5. The normalized spacial score (nSPS) is 10.1. The predicted molar refractivity (Wildman–Crippen MR) is 77.3 cm³/mol. The van der Waals surface area contributed by atoms with E-state index in [2.05, 4.69) is 5.32 Å². The van der Waals surface area contributed by atoms with Crippen LogP contribution in [0.4, 0.5) is 0 Å². The molecule has 0 aliphatic heterocycles. The molecule has 4 nitrogen and oxygen atoms in total. The number of benzene rings is 2. The van der Waals surface area contributed by atoms with Gasteiger partial charge >= 0.3 is 0 Å². The maximum absolute atomic E-state index is 12.1. The summed E-state index contributed by atoms with van der Waals surface area (Å²) in [7, 11) is 1.44. The van der Waals surface area contributed by atoms with Crippen molar-refractivity contribution in [3.05, 3.63) is 58.6 Å². The van der Waals surface area contributed by atoms with Crippen LogP contribution in [0, 0.1) is 0 Å². The van der Waals surface area contributed by atoms with Gasteiger partial charge in [-0.2, -0.15) is 0 Å². The SMILES string of the molecule is COc1cccc(O)c1C(=O)NCc1ccccc1Cl. The summed E-state index contributed by atoms with van der Waals surface area (Å²) in [5.74, 6) is -0.220. The minimum Gasteiger partial charge on any atom is -0.507 e. The lowest BCUT2D eigenvalue weighted by molar-refractivity contribution is 0.0945. The molecule has 0 saturated carbocycles. The summed E-state index contributed by atoms with van der Waals surface area (Å²) in [6.07, 6.45) is 0. The molecule has 0 spiro atoms. The van der Waals surface area contributed by atoms with E-state index < -0.39 is 5.91 Å². The minimum absolute atomic E-state index is 0.113. The van der Waals surface area contributed by atoms with Gasteiger partial charge in [0.25, 0.3) is 5.91 Å². The molecule has 2 aromatic rings. The number of hydrogen-bond acceptors (Lipinski definition) is 3. The summed E-state index contributed by atoms with van der Waals surface area (Å²) in [5, 5.41) is 13.1. The number of carbonyl (C=O) groups excluding carboxylic acids is 1. The summed E-state index contributed by atoms with van der Waals surface area (Å²) in [4.78, 5) is 12.1. The lowest BCUT2D eigenvalue weighted by Gasteiger charge is -2.11. The van der Waals surface area contributed by atoms with Crippen molar-refractivity contribution >= 4 is 17.5 Å². The van der Waals surface area contributed by atoms with Crippen molar-refractivity contribution in [2.75, 3.05) is 7.11 Å². The Kier molecular flexibility index (Phi) is 4.48. The van der Waals surface area contributed by atoms with E-state index in [1.54, 1.807) is 18.2 Å². The molecule has 2 aromatic carbocycles. The predicted octanol–water partition coefficient (Wildman–Crippen LogP) is 2.98. The first-order valence-corrected chi connectivity index (χ1v) is 6.39. The average molecular weight is 292 g/mol. The van der Waals surface area contributed by atoms with E-state index in [-0.39, 0.29) is 17.9 Å². The number of carbonyl (C=O) groups is 1. The molecular formula is C15H14ClNO3. The zero-order chi connectivity index (χ0) is 14.5. The first-order chi connectivity index (χ1) is 9.63. The van der Waals surface area contributed by atoms with Crippen molar-refractivity contribution < 1.29 is 14.6 Å². The molecule has 0 bridgehead atoms. The van der Waals surface area contributed by atoms with Crippen LogP contribution in [0.5, 0.6) is 11.5 Å². The van der Waals surface area contributed by atoms with Crippen molar-refractivity contribution in [2.24, 2.45) is 0 Å². The Bertz CT molecular complexity index is 628. The number of phenolic OH excluding ortho intramolecular Hbond substituents is 1. The largest absolute Gasteiger partial charge is 0.507 e. The van der Waals surface area contributed by atoms with Gasteiger partial charge in [-0.3, -0.25) is 4.79 Å². The van der Waals surface area contributed by atoms with Crippen LogP contribution in [-0.4, -0.2) is 18.1 Å². The van der Waals surface area contributed by atoms with Crippen LogP contribution in [0.3, 0.4) is 0 Å². The molecule has 0 aliphatic carbocycles. The van der Waals surface area contributed by atoms with Gasteiger partial charge in [-0.1, -0.05) is 35.9 Å². The summed E-state index contributed by atoms with van der Waals surface area (Å²) in [5.41, 5.74) is 0.916. The van der Waals surface area contributed by atoms with Gasteiger partial charge in [-0.05, 0) is 23.8 Å². The van der Waals surface area contributed by atoms with Gasteiger partial charge in [0.1, 0.15) is 17.1 Å².